The monoisotopic (exact) mass is 304 g/mol. The SMILES string of the molecule is CC1(C)CC(NC(=O)C2CNCCO2)CC(C)(C)C1.Cl. The number of carbonyl (C=O) groups excluding carboxylic acids is 1. The molecule has 0 bridgehead atoms. The van der Waals surface area contributed by atoms with Crippen LogP contribution < -0.4 is 10.6 Å². The minimum absolute atomic E-state index is 0. The van der Waals surface area contributed by atoms with Crippen molar-refractivity contribution in [1.82, 2.24) is 10.6 Å². The first-order valence-corrected chi connectivity index (χ1v) is 7.40. The van der Waals surface area contributed by atoms with Gasteiger partial charge in [-0.2, -0.15) is 0 Å². The Bertz CT molecular complexity index is 323. The fourth-order valence-electron chi connectivity index (χ4n) is 3.98. The number of carbonyl (C=O) groups is 1. The first kappa shape index (κ1) is 17.7. The van der Waals surface area contributed by atoms with Gasteiger partial charge in [0, 0.05) is 19.1 Å². The van der Waals surface area contributed by atoms with Crippen molar-refractivity contribution in [1.29, 1.82) is 0 Å². The Morgan fingerprint density at radius 1 is 1.20 bits per heavy atom. The predicted octanol–water partition coefficient (Wildman–Crippen LogP) is 2.12. The Labute approximate surface area is 128 Å². The maximum atomic E-state index is 12.2. The molecule has 1 aliphatic heterocycles. The van der Waals surface area contributed by atoms with Crippen LogP contribution in [0.15, 0.2) is 0 Å². The van der Waals surface area contributed by atoms with Crippen molar-refractivity contribution in [2.24, 2.45) is 10.8 Å². The van der Waals surface area contributed by atoms with Crippen LogP contribution in [-0.2, 0) is 9.53 Å². The molecule has 4 nitrogen and oxygen atoms in total. The van der Waals surface area contributed by atoms with Crippen molar-refractivity contribution < 1.29 is 9.53 Å². The maximum Gasteiger partial charge on any atom is 0.250 e. The minimum atomic E-state index is -0.318. The summed E-state index contributed by atoms with van der Waals surface area (Å²) in [6, 6.07) is 0.275. The van der Waals surface area contributed by atoms with Gasteiger partial charge in [0.1, 0.15) is 6.10 Å². The molecule has 0 radical (unpaired) electrons. The van der Waals surface area contributed by atoms with Gasteiger partial charge in [-0.25, -0.2) is 0 Å². The van der Waals surface area contributed by atoms with Gasteiger partial charge in [-0.15, -0.1) is 12.4 Å². The van der Waals surface area contributed by atoms with Gasteiger partial charge < -0.3 is 15.4 Å². The van der Waals surface area contributed by atoms with Crippen molar-refractivity contribution in [3.8, 4) is 0 Å². The first-order valence-electron chi connectivity index (χ1n) is 7.40. The smallest absolute Gasteiger partial charge is 0.250 e. The van der Waals surface area contributed by atoms with Crippen LogP contribution >= 0.6 is 12.4 Å². The number of nitrogens with one attached hydrogen (secondary N) is 2. The van der Waals surface area contributed by atoms with Gasteiger partial charge in [-0.05, 0) is 30.1 Å². The zero-order valence-corrected chi connectivity index (χ0v) is 13.9. The lowest BCUT2D eigenvalue weighted by Crippen LogP contribution is -2.53. The third kappa shape index (κ3) is 4.90. The van der Waals surface area contributed by atoms with Crippen molar-refractivity contribution in [2.75, 3.05) is 19.7 Å². The summed E-state index contributed by atoms with van der Waals surface area (Å²) in [5.74, 6) is 0.0469. The summed E-state index contributed by atoms with van der Waals surface area (Å²) >= 11 is 0. The Kier molecular flexibility index (Phi) is 5.88. The molecular formula is C15H29ClN2O2. The molecule has 5 heteroatoms. The predicted molar refractivity (Wildman–Crippen MR) is 83.2 cm³/mol. The van der Waals surface area contributed by atoms with Crippen molar-refractivity contribution in [2.45, 2.75) is 59.1 Å². The summed E-state index contributed by atoms with van der Waals surface area (Å²) < 4.78 is 5.51. The molecule has 2 N–H and O–H groups in total. The van der Waals surface area contributed by atoms with Crippen LogP contribution in [0.25, 0.3) is 0 Å². The molecule has 1 atom stereocenters. The third-order valence-electron chi connectivity index (χ3n) is 4.12. The number of hydrogen-bond acceptors (Lipinski definition) is 3. The average Bonchev–Trinajstić information content (AvgIpc) is 2.25. The van der Waals surface area contributed by atoms with Gasteiger partial charge in [0.15, 0.2) is 0 Å². The molecule has 1 saturated heterocycles. The van der Waals surface area contributed by atoms with Crippen LogP contribution in [0.4, 0.5) is 0 Å². The van der Waals surface area contributed by atoms with Gasteiger partial charge in [0.25, 0.3) is 5.91 Å². The van der Waals surface area contributed by atoms with Crippen LogP contribution in [0.5, 0.6) is 0 Å². The van der Waals surface area contributed by atoms with Crippen molar-refractivity contribution >= 4 is 18.3 Å². The van der Waals surface area contributed by atoms with E-state index in [1.165, 1.54) is 6.42 Å². The highest BCUT2D eigenvalue weighted by Crippen LogP contribution is 2.45. The van der Waals surface area contributed by atoms with Crippen LogP contribution in [0.1, 0.15) is 47.0 Å². The summed E-state index contributed by atoms with van der Waals surface area (Å²) in [6.07, 6.45) is 3.01. The lowest BCUT2D eigenvalue weighted by atomic mass is 9.63. The largest absolute Gasteiger partial charge is 0.366 e. The number of morpholine rings is 1. The topological polar surface area (TPSA) is 50.4 Å². The van der Waals surface area contributed by atoms with E-state index < -0.39 is 0 Å². The van der Waals surface area contributed by atoms with Crippen molar-refractivity contribution in [3.05, 3.63) is 0 Å². The average molecular weight is 305 g/mol. The molecule has 20 heavy (non-hydrogen) atoms. The number of ether oxygens (including phenoxy) is 1. The van der Waals surface area contributed by atoms with Gasteiger partial charge in [0.05, 0.1) is 6.61 Å². The van der Waals surface area contributed by atoms with E-state index in [9.17, 15) is 4.79 Å². The summed E-state index contributed by atoms with van der Waals surface area (Å²) in [7, 11) is 0. The quantitative estimate of drug-likeness (QED) is 0.821. The maximum absolute atomic E-state index is 12.2. The van der Waals surface area contributed by atoms with E-state index in [-0.39, 0.29) is 30.5 Å². The standard InChI is InChI=1S/C15H28N2O2.ClH/c1-14(2)7-11(8-15(3,4)10-14)17-13(18)12-9-16-5-6-19-12;/h11-12,16H,5-10H2,1-4H3,(H,17,18);1H. The lowest BCUT2D eigenvalue weighted by molar-refractivity contribution is -0.135. The zero-order valence-electron chi connectivity index (χ0n) is 13.1. The van der Waals surface area contributed by atoms with E-state index in [0.29, 0.717) is 24.0 Å². The Balaban J connectivity index is 0.00000200. The van der Waals surface area contributed by atoms with E-state index >= 15 is 0 Å². The van der Waals surface area contributed by atoms with E-state index in [4.69, 9.17) is 4.74 Å². The molecule has 2 aliphatic rings. The van der Waals surface area contributed by atoms with E-state index in [2.05, 4.69) is 38.3 Å². The molecule has 1 aliphatic carbocycles. The van der Waals surface area contributed by atoms with E-state index in [0.717, 1.165) is 19.4 Å². The van der Waals surface area contributed by atoms with Crippen LogP contribution in [0.3, 0.4) is 0 Å². The highest BCUT2D eigenvalue weighted by atomic mass is 35.5. The van der Waals surface area contributed by atoms with Crippen LogP contribution in [-0.4, -0.2) is 37.7 Å². The van der Waals surface area contributed by atoms with Crippen LogP contribution in [0, 0.1) is 10.8 Å². The summed E-state index contributed by atoms with van der Waals surface area (Å²) in [5.41, 5.74) is 0.594. The van der Waals surface area contributed by atoms with Crippen LogP contribution in [0.2, 0.25) is 0 Å². The Morgan fingerprint density at radius 2 is 1.80 bits per heavy atom. The Hall–Kier alpha value is -0.320. The summed E-state index contributed by atoms with van der Waals surface area (Å²) in [6.45, 7) is 11.3. The van der Waals surface area contributed by atoms with Gasteiger partial charge in [0.2, 0.25) is 0 Å². The highest BCUT2D eigenvalue weighted by molar-refractivity contribution is 5.85. The molecule has 0 aromatic carbocycles. The number of halogens is 1. The molecule has 1 amide bonds. The molecule has 2 rings (SSSR count). The minimum Gasteiger partial charge on any atom is -0.366 e. The van der Waals surface area contributed by atoms with Gasteiger partial charge in [-0.3, -0.25) is 4.79 Å². The molecule has 0 aromatic rings. The fourth-order valence-corrected chi connectivity index (χ4v) is 3.98. The molecule has 1 saturated carbocycles. The second-order valence-electron chi connectivity index (χ2n) is 7.68. The van der Waals surface area contributed by atoms with E-state index in [1.54, 1.807) is 0 Å². The summed E-state index contributed by atoms with van der Waals surface area (Å²) in [4.78, 5) is 12.2. The van der Waals surface area contributed by atoms with Gasteiger partial charge in [-0.1, -0.05) is 27.7 Å². The molecule has 2 fully saturated rings. The zero-order chi connectivity index (χ0) is 14.1. The second kappa shape index (κ2) is 6.63. The number of amides is 1. The van der Waals surface area contributed by atoms with Gasteiger partial charge >= 0.3 is 0 Å². The fraction of sp³-hybridized carbons (Fsp3) is 0.933. The second-order valence-corrected chi connectivity index (χ2v) is 7.68. The Morgan fingerprint density at radius 3 is 2.30 bits per heavy atom. The molecule has 118 valence electrons. The number of rotatable bonds is 2. The molecule has 1 unspecified atom stereocenters. The number of hydrogen-bond donors (Lipinski definition) is 2. The lowest BCUT2D eigenvalue weighted by Gasteiger charge is -2.45. The molecule has 0 spiro atoms. The molecule has 0 aromatic heterocycles. The van der Waals surface area contributed by atoms with Crippen molar-refractivity contribution in [3.63, 3.8) is 0 Å². The molecule has 1 heterocycles. The normalized spacial score (nSPS) is 29.3. The highest BCUT2D eigenvalue weighted by Gasteiger charge is 2.39. The van der Waals surface area contributed by atoms with E-state index in [1.807, 2.05) is 0 Å². The summed E-state index contributed by atoms with van der Waals surface area (Å²) in [5, 5.41) is 6.40. The third-order valence-corrected chi connectivity index (χ3v) is 4.12. The molecular weight excluding hydrogens is 276 g/mol. The first-order chi connectivity index (χ1) is 8.77.